The number of hydrogen-bond acceptors (Lipinski definition) is 12. The van der Waals surface area contributed by atoms with Crippen LogP contribution in [0.25, 0.3) is 0 Å². The third-order valence-corrected chi connectivity index (χ3v) is 5.16. The third-order valence-electron chi connectivity index (χ3n) is 5.16. The van der Waals surface area contributed by atoms with Crippen LogP contribution in [0.4, 0.5) is 0 Å². The van der Waals surface area contributed by atoms with E-state index in [-0.39, 0.29) is 12.6 Å². The summed E-state index contributed by atoms with van der Waals surface area (Å²) >= 11 is 0. The first-order valence-corrected chi connectivity index (χ1v) is 14.9. The summed E-state index contributed by atoms with van der Waals surface area (Å²) in [5, 5.41) is 0. The molecule has 0 aromatic heterocycles. The summed E-state index contributed by atoms with van der Waals surface area (Å²) in [4.78, 5) is 11.5. The minimum absolute atomic E-state index is 0.152. The Morgan fingerprint density at radius 3 is 1.10 bits per heavy atom. The topological polar surface area (TPSA) is 119 Å². The van der Waals surface area contributed by atoms with Gasteiger partial charge in [-0.25, -0.2) is 0 Å². The fourth-order valence-corrected chi connectivity index (χ4v) is 3.03. The van der Waals surface area contributed by atoms with E-state index >= 15 is 0 Å². The summed E-state index contributed by atoms with van der Waals surface area (Å²) in [6, 6.07) is 0. The lowest BCUT2D eigenvalue weighted by Crippen LogP contribution is -2.15. The number of unbranched alkanes of at least 4 members (excludes halogenated alkanes) is 3. The van der Waals surface area contributed by atoms with Crippen molar-refractivity contribution >= 4 is 5.97 Å². The summed E-state index contributed by atoms with van der Waals surface area (Å²) in [6.07, 6.45) is 6.16. The van der Waals surface area contributed by atoms with Gasteiger partial charge in [-0.05, 0) is 6.42 Å². The monoisotopic (exact) mass is 596 g/mol. The van der Waals surface area contributed by atoms with Crippen LogP contribution in [-0.4, -0.2) is 138 Å². The summed E-state index contributed by atoms with van der Waals surface area (Å²) in [6.45, 7) is 15.3. The second-order valence-electron chi connectivity index (χ2n) is 8.58. The molecule has 0 heterocycles. The second kappa shape index (κ2) is 36.7. The van der Waals surface area contributed by atoms with Gasteiger partial charge in [0.25, 0.3) is 0 Å². The molecule has 0 aromatic rings. The highest BCUT2D eigenvalue weighted by Crippen LogP contribution is 2.03. The fourth-order valence-electron chi connectivity index (χ4n) is 3.03. The highest BCUT2D eigenvalue weighted by atomic mass is 16.6. The SMILES string of the molecule is C=COCCOCCOCCOCCOCCOCCOCCOCCOCCOCCOC(=O)CCCCCC. The molecule has 244 valence electrons. The van der Waals surface area contributed by atoms with Crippen molar-refractivity contribution in [3.63, 3.8) is 0 Å². The summed E-state index contributed by atoms with van der Waals surface area (Å²) in [7, 11) is 0. The van der Waals surface area contributed by atoms with Gasteiger partial charge in [0.2, 0.25) is 0 Å². The first-order valence-electron chi connectivity index (χ1n) is 14.9. The van der Waals surface area contributed by atoms with Gasteiger partial charge in [0.15, 0.2) is 0 Å². The fraction of sp³-hybridized carbons (Fsp3) is 0.897. The maximum atomic E-state index is 11.5. The lowest BCUT2D eigenvalue weighted by molar-refractivity contribution is -0.145. The van der Waals surface area contributed by atoms with Gasteiger partial charge in [0, 0.05) is 6.42 Å². The molecule has 0 radical (unpaired) electrons. The van der Waals surface area contributed by atoms with Crippen molar-refractivity contribution in [3.8, 4) is 0 Å². The molecule has 0 rings (SSSR count). The standard InChI is InChI=1S/C29H56O12/c1-3-5-6-7-8-29(30)41-28-27-40-26-25-39-24-23-38-22-21-37-20-19-36-18-17-35-16-15-34-14-13-33-12-11-32-10-9-31-4-2/h4H,2-3,5-28H2,1H3. The first kappa shape index (κ1) is 39.6. The molecule has 12 heteroatoms. The Bertz CT molecular complexity index is 524. The summed E-state index contributed by atoms with van der Waals surface area (Å²) in [5.74, 6) is -0.152. The molecule has 41 heavy (non-hydrogen) atoms. The maximum absolute atomic E-state index is 11.5. The van der Waals surface area contributed by atoms with Crippen molar-refractivity contribution in [2.75, 3.05) is 132 Å². The molecule has 0 atom stereocenters. The number of esters is 1. The normalized spacial score (nSPS) is 11.1. The van der Waals surface area contributed by atoms with Crippen molar-refractivity contribution in [2.45, 2.75) is 39.0 Å². The molecule has 0 N–H and O–H groups in total. The number of ether oxygens (including phenoxy) is 11. The predicted molar refractivity (Wildman–Crippen MR) is 153 cm³/mol. The van der Waals surface area contributed by atoms with E-state index < -0.39 is 0 Å². The maximum Gasteiger partial charge on any atom is 0.305 e. The lowest BCUT2D eigenvalue weighted by atomic mass is 10.2. The van der Waals surface area contributed by atoms with Crippen molar-refractivity contribution in [3.05, 3.63) is 12.8 Å². The molecular weight excluding hydrogens is 540 g/mol. The van der Waals surface area contributed by atoms with Crippen LogP contribution in [0.15, 0.2) is 12.8 Å². The van der Waals surface area contributed by atoms with Crippen LogP contribution in [0, 0.1) is 0 Å². The van der Waals surface area contributed by atoms with E-state index in [9.17, 15) is 4.79 Å². The van der Waals surface area contributed by atoms with Crippen LogP contribution < -0.4 is 0 Å². The van der Waals surface area contributed by atoms with Gasteiger partial charge in [0.05, 0.1) is 125 Å². The van der Waals surface area contributed by atoms with Crippen LogP contribution in [0.1, 0.15) is 39.0 Å². The molecule has 0 aliphatic rings. The quantitative estimate of drug-likeness (QED) is 0.0601. The average Bonchev–Trinajstić information content (AvgIpc) is 2.98. The van der Waals surface area contributed by atoms with Gasteiger partial charge in [0.1, 0.15) is 13.2 Å². The predicted octanol–water partition coefficient (Wildman–Crippen LogP) is 2.81. The first-order chi connectivity index (χ1) is 20.3. The smallest absolute Gasteiger partial charge is 0.305 e. The van der Waals surface area contributed by atoms with E-state index in [0.717, 1.165) is 25.7 Å². The highest BCUT2D eigenvalue weighted by molar-refractivity contribution is 5.69. The second-order valence-corrected chi connectivity index (χ2v) is 8.58. The largest absolute Gasteiger partial charge is 0.499 e. The molecule has 0 aliphatic heterocycles. The molecule has 0 saturated heterocycles. The number of carbonyl (C=O) groups is 1. The molecule has 0 aromatic carbocycles. The van der Waals surface area contributed by atoms with Crippen molar-refractivity contribution in [1.82, 2.24) is 0 Å². The number of carbonyl (C=O) groups excluding carboxylic acids is 1. The minimum Gasteiger partial charge on any atom is -0.499 e. The Kier molecular flexibility index (Phi) is 35.5. The third kappa shape index (κ3) is 36.6. The zero-order chi connectivity index (χ0) is 29.7. The Labute approximate surface area is 247 Å². The highest BCUT2D eigenvalue weighted by Gasteiger charge is 2.02. The number of hydrogen-bond donors (Lipinski definition) is 0. The average molecular weight is 597 g/mol. The molecule has 0 saturated carbocycles. The van der Waals surface area contributed by atoms with Crippen LogP contribution in [0.3, 0.4) is 0 Å². The zero-order valence-corrected chi connectivity index (χ0v) is 25.4. The van der Waals surface area contributed by atoms with Gasteiger partial charge in [-0.2, -0.15) is 0 Å². The van der Waals surface area contributed by atoms with Crippen LogP contribution in [0.2, 0.25) is 0 Å². The molecule has 0 aliphatic carbocycles. The van der Waals surface area contributed by atoms with Gasteiger partial charge in [-0.3, -0.25) is 4.79 Å². The van der Waals surface area contributed by atoms with E-state index in [4.69, 9.17) is 52.1 Å². The molecule has 0 unspecified atom stereocenters. The molecule has 0 amide bonds. The Hall–Kier alpha value is -1.35. The zero-order valence-electron chi connectivity index (χ0n) is 25.4. The molecule has 0 spiro atoms. The van der Waals surface area contributed by atoms with Crippen molar-refractivity contribution < 1.29 is 56.9 Å². The van der Waals surface area contributed by atoms with E-state index in [2.05, 4.69) is 13.5 Å². The molecule has 12 nitrogen and oxygen atoms in total. The van der Waals surface area contributed by atoms with Crippen LogP contribution >= 0.6 is 0 Å². The van der Waals surface area contributed by atoms with Crippen LogP contribution in [-0.2, 0) is 56.9 Å². The van der Waals surface area contributed by atoms with Gasteiger partial charge >= 0.3 is 5.97 Å². The summed E-state index contributed by atoms with van der Waals surface area (Å²) in [5.41, 5.74) is 0. The number of rotatable bonds is 36. The van der Waals surface area contributed by atoms with Crippen molar-refractivity contribution in [1.29, 1.82) is 0 Å². The molecule has 0 bridgehead atoms. The van der Waals surface area contributed by atoms with Crippen molar-refractivity contribution in [2.24, 2.45) is 0 Å². The molecule has 0 fully saturated rings. The van der Waals surface area contributed by atoms with Gasteiger partial charge in [-0.1, -0.05) is 32.8 Å². The van der Waals surface area contributed by atoms with Crippen LogP contribution in [0.5, 0.6) is 0 Å². The Morgan fingerprint density at radius 2 is 0.780 bits per heavy atom. The lowest BCUT2D eigenvalue weighted by Gasteiger charge is -2.09. The van der Waals surface area contributed by atoms with E-state index in [1.165, 1.54) is 6.26 Å². The van der Waals surface area contributed by atoms with E-state index in [1.54, 1.807) is 0 Å². The van der Waals surface area contributed by atoms with E-state index in [1.807, 2.05) is 0 Å². The van der Waals surface area contributed by atoms with Gasteiger partial charge < -0.3 is 52.1 Å². The Balaban J connectivity index is 3.07. The molecular formula is C29H56O12. The van der Waals surface area contributed by atoms with E-state index in [0.29, 0.717) is 132 Å². The van der Waals surface area contributed by atoms with Gasteiger partial charge in [-0.15, -0.1) is 0 Å². The summed E-state index contributed by atoms with van der Waals surface area (Å²) < 4.78 is 58.8. The Morgan fingerprint density at radius 1 is 0.463 bits per heavy atom. The minimum atomic E-state index is -0.152.